The molecular formula is C18H38IN5O. The van der Waals surface area contributed by atoms with E-state index < -0.39 is 0 Å². The summed E-state index contributed by atoms with van der Waals surface area (Å²) in [7, 11) is 1.77. The van der Waals surface area contributed by atoms with Crippen molar-refractivity contribution in [1.29, 1.82) is 0 Å². The summed E-state index contributed by atoms with van der Waals surface area (Å²) in [6, 6.07) is 0.236. The fourth-order valence-corrected chi connectivity index (χ4v) is 2.88. The number of hydrogen-bond donors (Lipinski definition) is 3. The lowest BCUT2D eigenvalue weighted by atomic mass is 9.98. The summed E-state index contributed by atoms with van der Waals surface area (Å²) < 4.78 is 0. The molecule has 0 bridgehead atoms. The highest BCUT2D eigenvalue weighted by Crippen LogP contribution is 2.19. The van der Waals surface area contributed by atoms with Crippen molar-refractivity contribution in [2.24, 2.45) is 4.99 Å². The van der Waals surface area contributed by atoms with Gasteiger partial charge in [-0.25, -0.2) is 0 Å². The molecule has 1 fully saturated rings. The second kappa shape index (κ2) is 12.7. The fourth-order valence-electron chi connectivity index (χ4n) is 2.88. The van der Waals surface area contributed by atoms with E-state index in [0.29, 0.717) is 13.0 Å². The van der Waals surface area contributed by atoms with Gasteiger partial charge in [0.15, 0.2) is 5.96 Å². The Hall–Kier alpha value is -0.570. The molecule has 1 rings (SSSR count). The van der Waals surface area contributed by atoms with Crippen LogP contribution in [0, 0.1) is 0 Å². The van der Waals surface area contributed by atoms with Gasteiger partial charge < -0.3 is 16.0 Å². The number of nitrogens with zero attached hydrogens (tertiary/aromatic N) is 2. The zero-order chi connectivity index (χ0) is 18.0. The van der Waals surface area contributed by atoms with E-state index in [4.69, 9.17) is 0 Å². The van der Waals surface area contributed by atoms with Crippen LogP contribution in [0.1, 0.15) is 59.8 Å². The molecular weight excluding hydrogens is 429 g/mol. The lowest BCUT2D eigenvalue weighted by Gasteiger charge is -2.41. The molecule has 148 valence electrons. The predicted octanol–water partition coefficient (Wildman–Crippen LogP) is 2.34. The number of rotatable bonds is 8. The Morgan fingerprint density at radius 2 is 1.84 bits per heavy atom. The molecule has 1 amide bonds. The number of hydrogen-bond acceptors (Lipinski definition) is 3. The Bertz CT molecular complexity index is 408. The Balaban J connectivity index is 0.00000576. The standard InChI is InChI=1S/C18H37N5O.HI/c1-6-15(2)22-16(24)10-11-20-17(19-5)21-14-18(3,4)23-12-8-7-9-13-23;/h15H,6-14H2,1-5H3,(H,22,24)(H2,19,20,21);1H. The van der Waals surface area contributed by atoms with Gasteiger partial charge in [0.1, 0.15) is 0 Å². The molecule has 1 atom stereocenters. The summed E-state index contributed by atoms with van der Waals surface area (Å²) in [6.45, 7) is 12.4. The Labute approximate surface area is 171 Å². The first-order valence-corrected chi connectivity index (χ1v) is 9.38. The Kier molecular flexibility index (Phi) is 12.4. The highest BCUT2D eigenvalue weighted by atomic mass is 127. The summed E-state index contributed by atoms with van der Waals surface area (Å²) in [4.78, 5) is 18.6. The molecule has 1 heterocycles. The maximum Gasteiger partial charge on any atom is 0.221 e. The molecule has 6 nitrogen and oxygen atoms in total. The van der Waals surface area contributed by atoms with Crippen molar-refractivity contribution in [2.75, 3.05) is 33.2 Å². The highest BCUT2D eigenvalue weighted by molar-refractivity contribution is 14.0. The number of carbonyl (C=O) groups excluding carboxylic acids is 1. The van der Waals surface area contributed by atoms with Crippen molar-refractivity contribution in [2.45, 2.75) is 71.4 Å². The van der Waals surface area contributed by atoms with Crippen molar-refractivity contribution in [1.82, 2.24) is 20.9 Å². The highest BCUT2D eigenvalue weighted by Gasteiger charge is 2.27. The lowest BCUT2D eigenvalue weighted by Crippen LogP contribution is -2.55. The zero-order valence-electron chi connectivity index (χ0n) is 16.7. The molecule has 0 saturated carbocycles. The minimum absolute atomic E-state index is 0. The quantitative estimate of drug-likeness (QED) is 0.291. The van der Waals surface area contributed by atoms with Crippen LogP contribution in [0.3, 0.4) is 0 Å². The molecule has 1 aliphatic heterocycles. The van der Waals surface area contributed by atoms with E-state index in [9.17, 15) is 4.79 Å². The van der Waals surface area contributed by atoms with Crippen LogP contribution in [0.25, 0.3) is 0 Å². The summed E-state index contributed by atoms with van der Waals surface area (Å²) in [5.74, 6) is 0.845. The minimum atomic E-state index is 0. The van der Waals surface area contributed by atoms with Gasteiger partial charge in [0.2, 0.25) is 5.91 Å². The zero-order valence-corrected chi connectivity index (χ0v) is 19.0. The number of guanidine groups is 1. The third-order valence-electron chi connectivity index (χ3n) is 4.79. The number of aliphatic imine (C=N–C) groups is 1. The third-order valence-corrected chi connectivity index (χ3v) is 4.79. The number of nitrogens with one attached hydrogen (secondary N) is 3. The molecule has 0 aromatic heterocycles. The number of piperidine rings is 1. The fraction of sp³-hybridized carbons (Fsp3) is 0.889. The van der Waals surface area contributed by atoms with Crippen molar-refractivity contribution < 1.29 is 4.79 Å². The smallest absolute Gasteiger partial charge is 0.221 e. The van der Waals surface area contributed by atoms with E-state index in [1.807, 2.05) is 6.92 Å². The molecule has 1 saturated heterocycles. The lowest BCUT2D eigenvalue weighted by molar-refractivity contribution is -0.121. The average molecular weight is 467 g/mol. The van der Waals surface area contributed by atoms with Crippen LogP contribution in [0.5, 0.6) is 0 Å². The van der Waals surface area contributed by atoms with Crippen LogP contribution in [-0.4, -0.2) is 61.6 Å². The van der Waals surface area contributed by atoms with Gasteiger partial charge in [-0.1, -0.05) is 13.3 Å². The largest absolute Gasteiger partial charge is 0.356 e. The summed E-state index contributed by atoms with van der Waals surface area (Å²) >= 11 is 0. The van der Waals surface area contributed by atoms with Gasteiger partial charge in [-0.05, 0) is 53.1 Å². The van der Waals surface area contributed by atoms with E-state index in [0.717, 1.165) is 18.9 Å². The van der Waals surface area contributed by atoms with Gasteiger partial charge >= 0.3 is 0 Å². The number of likely N-dealkylation sites (tertiary alicyclic amines) is 1. The molecule has 1 unspecified atom stereocenters. The third kappa shape index (κ3) is 9.63. The topological polar surface area (TPSA) is 68.8 Å². The monoisotopic (exact) mass is 467 g/mol. The normalized spacial score (nSPS) is 17.4. The maximum absolute atomic E-state index is 11.8. The average Bonchev–Trinajstić information content (AvgIpc) is 2.58. The molecule has 0 spiro atoms. The summed E-state index contributed by atoms with van der Waals surface area (Å²) in [5.41, 5.74) is 0.103. The van der Waals surface area contributed by atoms with E-state index >= 15 is 0 Å². The molecule has 0 radical (unpaired) electrons. The number of carbonyl (C=O) groups is 1. The van der Waals surface area contributed by atoms with E-state index in [1.54, 1.807) is 7.05 Å². The van der Waals surface area contributed by atoms with Gasteiger partial charge in [0.05, 0.1) is 0 Å². The first kappa shape index (κ1) is 24.4. The molecule has 3 N–H and O–H groups in total. The van der Waals surface area contributed by atoms with Crippen molar-refractivity contribution in [3.63, 3.8) is 0 Å². The minimum Gasteiger partial charge on any atom is -0.356 e. The first-order valence-electron chi connectivity index (χ1n) is 9.38. The first-order chi connectivity index (χ1) is 11.4. The van der Waals surface area contributed by atoms with Crippen LogP contribution < -0.4 is 16.0 Å². The molecule has 0 aromatic rings. The van der Waals surface area contributed by atoms with Crippen LogP contribution in [0.4, 0.5) is 0 Å². The van der Waals surface area contributed by atoms with Crippen LogP contribution in [-0.2, 0) is 4.79 Å². The second-order valence-corrected chi connectivity index (χ2v) is 7.34. The molecule has 7 heteroatoms. The summed E-state index contributed by atoms with van der Waals surface area (Å²) in [5, 5.41) is 9.60. The van der Waals surface area contributed by atoms with Crippen LogP contribution in [0.15, 0.2) is 4.99 Å². The molecule has 0 aromatic carbocycles. The maximum atomic E-state index is 11.8. The van der Waals surface area contributed by atoms with Crippen molar-refractivity contribution >= 4 is 35.8 Å². The molecule has 25 heavy (non-hydrogen) atoms. The van der Waals surface area contributed by atoms with Crippen molar-refractivity contribution in [3.8, 4) is 0 Å². The van der Waals surface area contributed by atoms with Crippen LogP contribution >= 0.6 is 24.0 Å². The molecule has 1 aliphatic rings. The SMILES string of the molecule is CCC(C)NC(=O)CCNC(=NC)NCC(C)(C)N1CCCCC1.I. The Morgan fingerprint density at radius 1 is 1.20 bits per heavy atom. The number of amides is 1. The van der Waals surface area contributed by atoms with Gasteiger partial charge in [-0.2, -0.15) is 0 Å². The molecule has 0 aliphatic carbocycles. The van der Waals surface area contributed by atoms with E-state index in [1.165, 1.54) is 32.4 Å². The van der Waals surface area contributed by atoms with Gasteiger partial charge in [-0.3, -0.25) is 14.7 Å². The number of halogens is 1. The van der Waals surface area contributed by atoms with Crippen molar-refractivity contribution in [3.05, 3.63) is 0 Å². The second-order valence-electron chi connectivity index (χ2n) is 7.34. The van der Waals surface area contributed by atoms with Gasteiger partial charge in [0, 0.05) is 38.1 Å². The Morgan fingerprint density at radius 3 is 2.40 bits per heavy atom. The van der Waals surface area contributed by atoms with E-state index in [2.05, 4.69) is 46.6 Å². The van der Waals surface area contributed by atoms with Gasteiger partial charge in [-0.15, -0.1) is 24.0 Å². The van der Waals surface area contributed by atoms with E-state index in [-0.39, 0.29) is 41.5 Å². The summed E-state index contributed by atoms with van der Waals surface area (Å²) in [6.07, 6.45) is 5.35. The predicted molar refractivity (Wildman–Crippen MR) is 117 cm³/mol. The van der Waals surface area contributed by atoms with Crippen LogP contribution in [0.2, 0.25) is 0 Å². The van der Waals surface area contributed by atoms with Gasteiger partial charge in [0.25, 0.3) is 0 Å².